The van der Waals surface area contributed by atoms with Crippen molar-refractivity contribution in [3.05, 3.63) is 52.7 Å². The molecule has 4 aromatic heterocycles. The van der Waals surface area contributed by atoms with Crippen LogP contribution in [0.3, 0.4) is 0 Å². The highest BCUT2D eigenvalue weighted by molar-refractivity contribution is 5.60. The van der Waals surface area contributed by atoms with Gasteiger partial charge in [-0.1, -0.05) is 0 Å². The fourth-order valence-electron chi connectivity index (χ4n) is 4.65. The molecule has 152 valence electrons. The summed E-state index contributed by atoms with van der Waals surface area (Å²) in [6.45, 7) is 6.14. The first-order chi connectivity index (χ1) is 14.6. The second-order valence-corrected chi connectivity index (χ2v) is 8.43. The Kier molecular flexibility index (Phi) is 3.70. The molecule has 0 aliphatic carbocycles. The zero-order chi connectivity index (χ0) is 20.3. The normalized spacial score (nSPS) is 18.2. The third-order valence-electron chi connectivity index (χ3n) is 6.30. The van der Waals surface area contributed by atoms with Gasteiger partial charge in [0, 0.05) is 30.8 Å². The van der Waals surface area contributed by atoms with Crippen molar-refractivity contribution in [2.24, 2.45) is 5.41 Å². The van der Waals surface area contributed by atoms with E-state index in [9.17, 15) is 4.79 Å². The highest BCUT2D eigenvalue weighted by Crippen LogP contribution is 2.41. The summed E-state index contributed by atoms with van der Waals surface area (Å²) in [7, 11) is 0. The first-order valence-corrected chi connectivity index (χ1v) is 10.3. The van der Waals surface area contributed by atoms with Gasteiger partial charge in [0.25, 0.3) is 5.56 Å². The molecule has 0 radical (unpaired) electrons. The van der Waals surface area contributed by atoms with Crippen LogP contribution in [-0.4, -0.2) is 55.4 Å². The van der Waals surface area contributed by atoms with E-state index in [0.717, 1.165) is 31.9 Å². The van der Waals surface area contributed by atoms with E-state index in [1.54, 1.807) is 4.40 Å². The van der Waals surface area contributed by atoms with Crippen molar-refractivity contribution in [2.45, 2.75) is 19.8 Å². The molecule has 2 aliphatic rings. The van der Waals surface area contributed by atoms with Gasteiger partial charge in [0.15, 0.2) is 5.65 Å². The molecule has 30 heavy (non-hydrogen) atoms. The van der Waals surface area contributed by atoms with Crippen molar-refractivity contribution in [3.63, 3.8) is 0 Å². The monoisotopic (exact) mass is 402 g/mol. The Morgan fingerprint density at radius 2 is 1.77 bits per heavy atom. The molecular formula is C21H22N8O. The predicted octanol–water partition coefficient (Wildman–Crippen LogP) is 1.30. The fraction of sp³-hybridized carbons (Fsp3) is 0.381. The summed E-state index contributed by atoms with van der Waals surface area (Å²) in [6, 6.07) is 9.13. The van der Waals surface area contributed by atoms with E-state index in [-0.39, 0.29) is 5.56 Å². The molecule has 0 amide bonds. The quantitative estimate of drug-likeness (QED) is 0.540. The van der Waals surface area contributed by atoms with Crippen LogP contribution in [0.2, 0.25) is 0 Å². The van der Waals surface area contributed by atoms with Crippen molar-refractivity contribution in [2.75, 3.05) is 31.1 Å². The van der Waals surface area contributed by atoms with Crippen LogP contribution in [-0.2, 0) is 0 Å². The summed E-state index contributed by atoms with van der Waals surface area (Å²) in [4.78, 5) is 24.1. The number of nitrogens with one attached hydrogen (secondary N) is 1. The molecule has 4 aromatic rings. The number of hydrogen-bond donors (Lipinski definition) is 1. The van der Waals surface area contributed by atoms with E-state index < -0.39 is 0 Å². The molecule has 6 rings (SSSR count). The van der Waals surface area contributed by atoms with Crippen molar-refractivity contribution in [1.29, 1.82) is 0 Å². The van der Waals surface area contributed by atoms with Crippen LogP contribution in [0.15, 0.2) is 41.3 Å². The molecule has 0 aromatic carbocycles. The number of pyridine rings is 1. The third-order valence-corrected chi connectivity index (χ3v) is 6.30. The lowest BCUT2D eigenvalue weighted by Crippen LogP contribution is -2.60. The van der Waals surface area contributed by atoms with E-state index in [0.29, 0.717) is 33.9 Å². The summed E-state index contributed by atoms with van der Waals surface area (Å²) < 4.78 is 3.09. The van der Waals surface area contributed by atoms with Gasteiger partial charge < -0.3 is 10.2 Å². The Balaban J connectivity index is 1.33. The topological polar surface area (TPSA) is 92.7 Å². The lowest BCUT2D eigenvalue weighted by Gasteiger charge is -2.53. The van der Waals surface area contributed by atoms with Gasteiger partial charge in [-0.25, -0.2) is 9.97 Å². The molecule has 0 saturated carbocycles. The van der Waals surface area contributed by atoms with Crippen LogP contribution in [0, 0.1) is 12.3 Å². The van der Waals surface area contributed by atoms with E-state index in [1.807, 2.05) is 31.3 Å². The van der Waals surface area contributed by atoms with E-state index in [4.69, 9.17) is 0 Å². The first-order valence-electron chi connectivity index (χ1n) is 10.3. The molecule has 1 spiro atoms. The summed E-state index contributed by atoms with van der Waals surface area (Å²) in [5, 5.41) is 12.1. The third kappa shape index (κ3) is 2.77. The minimum atomic E-state index is -0.120. The van der Waals surface area contributed by atoms with Crippen molar-refractivity contribution >= 4 is 17.0 Å². The Bertz CT molecular complexity index is 1330. The zero-order valence-electron chi connectivity index (χ0n) is 16.7. The van der Waals surface area contributed by atoms with Crippen LogP contribution < -0.4 is 15.8 Å². The molecule has 1 N–H and O–H groups in total. The maximum Gasteiger partial charge on any atom is 0.258 e. The number of hydrogen-bond acceptors (Lipinski definition) is 7. The lowest BCUT2D eigenvalue weighted by atomic mass is 9.72. The summed E-state index contributed by atoms with van der Waals surface area (Å²) in [5.41, 5.74) is 3.78. The molecule has 9 heteroatoms. The van der Waals surface area contributed by atoms with Crippen LogP contribution in [0.4, 0.5) is 5.69 Å². The largest absolute Gasteiger partial charge is 0.369 e. The molecule has 2 aliphatic heterocycles. The number of nitrogens with zero attached hydrogens (tertiary/aromatic N) is 7. The van der Waals surface area contributed by atoms with Crippen molar-refractivity contribution in [1.82, 2.24) is 34.5 Å². The Morgan fingerprint density at radius 1 is 0.967 bits per heavy atom. The average Bonchev–Trinajstić information content (AvgIpc) is 3.11. The van der Waals surface area contributed by atoms with Gasteiger partial charge in [-0.2, -0.15) is 0 Å². The van der Waals surface area contributed by atoms with Crippen LogP contribution in [0.25, 0.3) is 22.7 Å². The number of fused-ring (bicyclic) bond motifs is 2. The molecule has 0 atom stereocenters. The Hall–Kier alpha value is -3.33. The maximum absolute atomic E-state index is 12.9. The van der Waals surface area contributed by atoms with Gasteiger partial charge in [-0.15, -0.1) is 14.8 Å². The molecule has 9 nitrogen and oxygen atoms in total. The molecule has 2 saturated heterocycles. The number of anilines is 1. The average molecular weight is 402 g/mol. The van der Waals surface area contributed by atoms with Crippen LogP contribution in [0.5, 0.6) is 0 Å². The van der Waals surface area contributed by atoms with E-state index >= 15 is 0 Å². The van der Waals surface area contributed by atoms with Crippen LogP contribution in [0.1, 0.15) is 18.7 Å². The van der Waals surface area contributed by atoms with Gasteiger partial charge in [0.1, 0.15) is 17.2 Å². The number of rotatable bonds is 2. The summed E-state index contributed by atoms with van der Waals surface area (Å²) >= 11 is 0. The first kappa shape index (κ1) is 17.5. The fourth-order valence-corrected chi connectivity index (χ4v) is 4.65. The van der Waals surface area contributed by atoms with Gasteiger partial charge in [0.05, 0.1) is 11.4 Å². The highest BCUT2D eigenvalue weighted by Gasteiger charge is 2.43. The van der Waals surface area contributed by atoms with Crippen LogP contribution >= 0.6 is 0 Å². The summed E-state index contributed by atoms with van der Waals surface area (Å²) in [6.07, 6.45) is 4.36. The van der Waals surface area contributed by atoms with Gasteiger partial charge in [0.2, 0.25) is 0 Å². The minimum Gasteiger partial charge on any atom is -0.369 e. The second-order valence-electron chi connectivity index (χ2n) is 8.43. The van der Waals surface area contributed by atoms with Crippen molar-refractivity contribution in [3.8, 4) is 11.4 Å². The second kappa shape index (κ2) is 6.33. The number of aromatic nitrogens is 6. The zero-order valence-corrected chi connectivity index (χ0v) is 16.7. The van der Waals surface area contributed by atoms with Gasteiger partial charge >= 0.3 is 0 Å². The van der Waals surface area contributed by atoms with E-state index in [1.165, 1.54) is 23.5 Å². The molecule has 0 bridgehead atoms. The summed E-state index contributed by atoms with van der Waals surface area (Å²) in [5.74, 6) is 0.649. The molecule has 2 fully saturated rings. The molecule has 0 unspecified atom stereocenters. The van der Waals surface area contributed by atoms with Gasteiger partial charge in [-0.3, -0.25) is 9.20 Å². The Labute approximate surface area is 172 Å². The molecular weight excluding hydrogens is 380 g/mol. The minimum absolute atomic E-state index is 0.120. The number of piperidine rings is 1. The maximum atomic E-state index is 12.9. The van der Waals surface area contributed by atoms with E-state index in [2.05, 4.69) is 36.4 Å². The van der Waals surface area contributed by atoms with Gasteiger partial charge in [-0.05, 0) is 57.1 Å². The predicted molar refractivity (Wildman–Crippen MR) is 113 cm³/mol. The number of aryl methyl sites for hydroxylation is 1. The molecule has 6 heterocycles. The Morgan fingerprint density at radius 3 is 2.60 bits per heavy atom. The SMILES string of the molecule is Cc1nc2ccc(-c3cc(=O)n4cc(N5CC6(CCNCC6)C5)ccc4n3)nn2n1. The highest BCUT2D eigenvalue weighted by atomic mass is 16.1. The lowest BCUT2D eigenvalue weighted by molar-refractivity contribution is 0.150. The van der Waals surface area contributed by atoms with Crippen molar-refractivity contribution < 1.29 is 0 Å². The standard InChI is InChI=1S/C21H22N8O/c1-14-23-19-5-3-16(26-29(19)25-14)17-10-20(30)28-11-15(2-4-18(28)24-17)27-12-21(13-27)6-8-22-9-7-21/h2-5,10-11,22H,6-9,12-13H2,1H3. The smallest absolute Gasteiger partial charge is 0.258 e.